The summed E-state index contributed by atoms with van der Waals surface area (Å²) in [4.78, 5) is 12.1. The zero-order chi connectivity index (χ0) is 13.8. The van der Waals surface area contributed by atoms with Gasteiger partial charge in [0.25, 0.3) is 0 Å². The molecule has 4 nitrogen and oxygen atoms in total. The van der Waals surface area contributed by atoms with E-state index in [1.54, 1.807) is 7.11 Å². The molecule has 2 atom stereocenters. The van der Waals surface area contributed by atoms with Crippen molar-refractivity contribution in [2.45, 2.75) is 38.8 Å². The number of methoxy groups -OCH3 is 1. The summed E-state index contributed by atoms with van der Waals surface area (Å²) in [5, 5.41) is 6.27. The highest BCUT2D eigenvalue weighted by Crippen LogP contribution is 2.26. The first-order valence-electron chi connectivity index (χ1n) is 6.80. The summed E-state index contributed by atoms with van der Waals surface area (Å²) in [6.45, 7) is 4.96. The Kier molecular flexibility index (Phi) is 6.30. The zero-order valence-electron chi connectivity index (χ0n) is 12.2. The van der Waals surface area contributed by atoms with Gasteiger partial charge in [-0.3, -0.25) is 4.79 Å². The Morgan fingerprint density at radius 1 is 1.50 bits per heavy atom. The van der Waals surface area contributed by atoms with Crippen LogP contribution in [0.4, 0.5) is 0 Å². The highest BCUT2D eigenvalue weighted by molar-refractivity contribution is 5.85. The Balaban J connectivity index is 0.00000200. The predicted molar refractivity (Wildman–Crippen MR) is 82.6 cm³/mol. The van der Waals surface area contributed by atoms with Crippen molar-refractivity contribution in [3.05, 3.63) is 29.3 Å². The van der Waals surface area contributed by atoms with Crippen LogP contribution in [0.25, 0.3) is 0 Å². The lowest BCUT2D eigenvalue weighted by Gasteiger charge is -2.20. The summed E-state index contributed by atoms with van der Waals surface area (Å²) in [7, 11) is 1.65. The van der Waals surface area contributed by atoms with Crippen LogP contribution < -0.4 is 15.4 Å². The third kappa shape index (κ3) is 3.87. The standard InChI is InChI=1S/C15H22N2O2.ClH/c1-10-6-7-14(19-3)12(9-10)11(2)17-15(18)13-5-4-8-16-13;/h6-7,9,11,13,16H,4-5,8H2,1-3H3,(H,17,18);1H/t11?,13-;/m0./s1. The number of hydrogen-bond acceptors (Lipinski definition) is 3. The van der Waals surface area contributed by atoms with Crippen molar-refractivity contribution in [1.82, 2.24) is 10.6 Å². The van der Waals surface area contributed by atoms with Crippen LogP contribution in [0, 0.1) is 6.92 Å². The quantitative estimate of drug-likeness (QED) is 0.897. The molecule has 2 rings (SSSR count). The Morgan fingerprint density at radius 2 is 2.25 bits per heavy atom. The van der Waals surface area contributed by atoms with Crippen molar-refractivity contribution in [3.8, 4) is 5.75 Å². The van der Waals surface area contributed by atoms with Gasteiger partial charge in [0.2, 0.25) is 5.91 Å². The summed E-state index contributed by atoms with van der Waals surface area (Å²) in [6, 6.07) is 5.92. The zero-order valence-corrected chi connectivity index (χ0v) is 13.0. The Labute approximate surface area is 126 Å². The molecule has 1 aromatic carbocycles. The molecule has 1 aliphatic heterocycles. The number of benzene rings is 1. The van der Waals surface area contributed by atoms with Crippen LogP contribution >= 0.6 is 12.4 Å². The minimum absolute atomic E-state index is 0. The summed E-state index contributed by atoms with van der Waals surface area (Å²) in [5.74, 6) is 0.895. The fraction of sp³-hybridized carbons (Fsp3) is 0.533. The highest BCUT2D eigenvalue weighted by atomic mass is 35.5. The van der Waals surface area contributed by atoms with Gasteiger partial charge in [-0.2, -0.15) is 0 Å². The van der Waals surface area contributed by atoms with Crippen molar-refractivity contribution in [2.75, 3.05) is 13.7 Å². The van der Waals surface area contributed by atoms with E-state index in [-0.39, 0.29) is 30.4 Å². The normalized spacial score (nSPS) is 19.1. The summed E-state index contributed by atoms with van der Waals surface area (Å²) < 4.78 is 5.36. The summed E-state index contributed by atoms with van der Waals surface area (Å²) in [6.07, 6.45) is 1.99. The minimum atomic E-state index is -0.0512. The van der Waals surface area contributed by atoms with E-state index in [4.69, 9.17) is 4.74 Å². The molecule has 1 unspecified atom stereocenters. The van der Waals surface area contributed by atoms with E-state index in [1.165, 1.54) is 0 Å². The van der Waals surface area contributed by atoms with Crippen molar-refractivity contribution in [1.29, 1.82) is 0 Å². The van der Waals surface area contributed by atoms with Crippen molar-refractivity contribution >= 4 is 18.3 Å². The lowest BCUT2D eigenvalue weighted by Crippen LogP contribution is -2.41. The maximum atomic E-state index is 12.1. The predicted octanol–water partition coefficient (Wildman–Crippen LogP) is 2.35. The molecule has 112 valence electrons. The van der Waals surface area contributed by atoms with Crippen LogP contribution in [0.3, 0.4) is 0 Å². The lowest BCUT2D eigenvalue weighted by molar-refractivity contribution is -0.123. The lowest BCUT2D eigenvalue weighted by atomic mass is 10.0. The van der Waals surface area contributed by atoms with Gasteiger partial charge in [0, 0.05) is 5.56 Å². The molecule has 0 aliphatic carbocycles. The van der Waals surface area contributed by atoms with Crippen molar-refractivity contribution in [3.63, 3.8) is 0 Å². The number of carbonyl (C=O) groups is 1. The first-order valence-corrected chi connectivity index (χ1v) is 6.80. The smallest absolute Gasteiger partial charge is 0.237 e. The number of nitrogens with one attached hydrogen (secondary N) is 2. The average molecular weight is 299 g/mol. The van der Waals surface area contributed by atoms with E-state index in [0.29, 0.717) is 0 Å². The maximum absolute atomic E-state index is 12.1. The number of rotatable bonds is 4. The second-order valence-corrected chi connectivity index (χ2v) is 5.12. The van der Waals surface area contributed by atoms with Gasteiger partial charge in [-0.15, -0.1) is 12.4 Å². The number of halogens is 1. The monoisotopic (exact) mass is 298 g/mol. The largest absolute Gasteiger partial charge is 0.496 e. The second-order valence-electron chi connectivity index (χ2n) is 5.12. The van der Waals surface area contributed by atoms with E-state index < -0.39 is 0 Å². The third-order valence-corrected chi connectivity index (χ3v) is 3.59. The molecule has 2 N–H and O–H groups in total. The first-order chi connectivity index (χ1) is 9.11. The molecule has 5 heteroatoms. The highest BCUT2D eigenvalue weighted by Gasteiger charge is 2.24. The van der Waals surface area contributed by atoms with Gasteiger partial charge in [0.1, 0.15) is 5.75 Å². The Hall–Kier alpha value is -1.26. The number of aryl methyl sites for hydroxylation is 1. The molecule has 0 bridgehead atoms. The number of carbonyl (C=O) groups excluding carboxylic acids is 1. The van der Waals surface area contributed by atoms with Gasteiger partial charge in [-0.1, -0.05) is 17.7 Å². The average Bonchev–Trinajstić information content (AvgIpc) is 2.92. The SMILES string of the molecule is COc1ccc(C)cc1C(C)NC(=O)[C@@H]1CCCN1.Cl. The summed E-state index contributed by atoms with van der Waals surface area (Å²) in [5.41, 5.74) is 2.18. The fourth-order valence-corrected chi connectivity index (χ4v) is 2.49. The fourth-order valence-electron chi connectivity index (χ4n) is 2.49. The van der Waals surface area contributed by atoms with Crippen molar-refractivity contribution in [2.24, 2.45) is 0 Å². The van der Waals surface area contributed by atoms with Crippen LogP contribution in [0.2, 0.25) is 0 Å². The van der Waals surface area contributed by atoms with Crippen LogP contribution in [-0.4, -0.2) is 25.6 Å². The Morgan fingerprint density at radius 3 is 2.85 bits per heavy atom. The molecule has 20 heavy (non-hydrogen) atoms. The van der Waals surface area contributed by atoms with E-state index in [0.717, 1.165) is 36.3 Å². The van der Waals surface area contributed by atoms with E-state index in [1.807, 2.05) is 26.0 Å². The van der Waals surface area contributed by atoms with Gasteiger partial charge in [0.15, 0.2) is 0 Å². The van der Waals surface area contributed by atoms with Gasteiger partial charge < -0.3 is 15.4 Å². The molecule has 1 aliphatic rings. The molecule has 1 saturated heterocycles. The first kappa shape index (κ1) is 16.8. The maximum Gasteiger partial charge on any atom is 0.237 e. The van der Waals surface area contributed by atoms with E-state index in [2.05, 4.69) is 16.7 Å². The van der Waals surface area contributed by atoms with Crippen LogP contribution in [0.15, 0.2) is 18.2 Å². The Bertz CT molecular complexity index is 459. The molecular formula is C15H23ClN2O2. The molecule has 1 aromatic rings. The molecule has 0 aromatic heterocycles. The molecule has 1 heterocycles. The van der Waals surface area contributed by atoms with Crippen LogP contribution in [0.1, 0.15) is 36.9 Å². The van der Waals surface area contributed by atoms with Gasteiger partial charge >= 0.3 is 0 Å². The minimum Gasteiger partial charge on any atom is -0.496 e. The van der Waals surface area contributed by atoms with Crippen molar-refractivity contribution < 1.29 is 9.53 Å². The summed E-state index contributed by atoms with van der Waals surface area (Å²) >= 11 is 0. The van der Waals surface area contributed by atoms with Gasteiger partial charge in [-0.05, 0) is 39.3 Å². The van der Waals surface area contributed by atoms with E-state index in [9.17, 15) is 4.79 Å². The number of hydrogen-bond donors (Lipinski definition) is 2. The van der Waals surface area contributed by atoms with Gasteiger partial charge in [-0.25, -0.2) is 0 Å². The second kappa shape index (κ2) is 7.50. The molecule has 1 amide bonds. The van der Waals surface area contributed by atoms with Crippen LogP contribution in [0.5, 0.6) is 5.75 Å². The van der Waals surface area contributed by atoms with Gasteiger partial charge in [0.05, 0.1) is 19.2 Å². The number of ether oxygens (including phenoxy) is 1. The molecule has 1 fully saturated rings. The molecular weight excluding hydrogens is 276 g/mol. The third-order valence-electron chi connectivity index (χ3n) is 3.59. The topological polar surface area (TPSA) is 50.4 Å². The molecule has 0 saturated carbocycles. The van der Waals surface area contributed by atoms with Crippen LogP contribution in [-0.2, 0) is 4.79 Å². The van der Waals surface area contributed by atoms with E-state index >= 15 is 0 Å². The number of amides is 1. The molecule has 0 spiro atoms. The molecule has 0 radical (unpaired) electrons.